The van der Waals surface area contributed by atoms with Crippen molar-refractivity contribution < 1.29 is 0 Å². The van der Waals surface area contributed by atoms with Crippen LogP contribution in [0.5, 0.6) is 0 Å². The second-order valence-corrected chi connectivity index (χ2v) is 5.40. The maximum absolute atomic E-state index is 9.24. The molecule has 18 heavy (non-hydrogen) atoms. The maximum atomic E-state index is 9.24. The third-order valence-corrected chi connectivity index (χ3v) is 3.24. The molecule has 1 atom stereocenters. The number of imidazole rings is 1. The molecular formula is C15H19N3. The standard InChI is InChI=1S/C15H19N3/c1-9(2)12(8-16)11-5-6-13-14(7-11)18-15(17-13)10(3)4/h5-7,9-10,12H,1-4H3,(H,17,18). The number of benzene rings is 1. The smallest absolute Gasteiger partial charge is 0.109 e. The molecule has 0 spiro atoms. The van der Waals surface area contributed by atoms with Gasteiger partial charge < -0.3 is 4.98 Å². The van der Waals surface area contributed by atoms with Crippen LogP contribution in [0.4, 0.5) is 0 Å². The fourth-order valence-corrected chi connectivity index (χ4v) is 2.12. The van der Waals surface area contributed by atoms with E-state index in [4.69, 9.17) is 0 Å². The van der Waals surface area contributed by atoms with E-state index in [1.165, 1.54) is 0 Å². The summed E-state index contributed by atoms with van der Waals surface area (Å²) in [6.07, 6.45) is 0. The van der Waals surface area contributed by atoms with Gasteiger partial charge >= 0.3 is 0 Å². The largest absolute Gasteiger partial charge is 0.342 e. The lowest BCUT2D eigenvalue weighted by Crippen LogP contribution is -2.03. The molecule has 0 aliphatic carbocycles. The molecule has 2 rings (SSSR count). The molecule has 0 aliphatic rings. The van der Waals surface area contributed by atoms with E-state index in [2.05, 4.69) is 49.8 Å². The van der Waals surface area contributed by atoms with E-state index in [9.17, 15) is 5.26 Å². The molecule has 0 saturated heterocycles. The Kier molecular flexibility index (Phi) is 3.38. The summed E-state index contributed by atoms with van der Waals surface area (Å²) in [6.45, 7) is 8.38. The van der Waals surface area contributed by atoms with Crippen LogP contribution in [0.1, 0.15) is 50.9 Å². The Balaban J connectivity index is 2.47. The van der Waals surface area contributed by atoms with Gasteiger partial charge in [0.05, 0.1) is 23.0 Å². The first kappa shape index (κ1) is 12.6. The zero-order chi connectivity index (χ0) is 13.3. The Morgan fingerprint density at radius 2 is 1.94 bits per heavy atom. The molecule has 1 N–H and O–H groups in total. The van der Waals surface area contributed by atoms with E-state index in [0.29, 0.717) is 11.8 Å². The van der Waals surface area contributed by atoms with Crippen LogP contribution < -0.4 is 0 Å². The molecule has 3 heteroatoms. The fraction of sp³-hybridized carbons (Fsp3) is 0.467. The van der Waals surface area contributed by atoms with Crippen molar-refractivity contribution >= 4 is 11.0 Å². The van der Waals surface area contributed by atoms with Crippen LogP contribution in [0.15, 0.2) is 18.2 Å². The molecular weight excluding hydrogens is 222 g/mol. The lowest BCUT2D eigenvalue weighted by Gasteiger charge is -2.12. The van der Waals surface area contributed by atoms with Crippen molar-refractivity contribution in [2.75, 3.05) is 0 Å². The SMILES string of the molecule is CC(C)c1nc2ccc(C(C#N)C(C)C)cc2[nH]1. The highest BCUT2D eigenvalue weighted by molar-refractivity contribution is 5.76. The summed E-state index contributed by atoms with van der Waals surface area (Å²) >= 11 is 0. The Bertz CT molecular complexity index is 587. The van der Waals surface area contributed by atoms with E-state index in [1.807, 2.05) is 12.1 Å². The minimum atomic E-state index is -0.0554. The Hall–Kier alpha value is -1.82. The van der Waals surface area contributed by atoms with Crippen LogP contribution in [0.2, 0.25) is 0 Å². The number of hydrogen-bond donors (Lipinski definition) is 1. The van der Waals surface area contributed by atoms with Crippen molar-refractivity contribution in [2.24, 2.45) is 5.92 Å². The zero-order valence-corrected chi connectivity index (χ0v) is 11.4. The number of H-pyrrole nitrogens is 1. The van der Waals surface area contributed by atoms with Crippen LogP contribution in [-0.2, 0) is 0 Å². The third kappa shape index (κ3) is 2.24. The highest BCUT2D eigenvalue weighted by Gasteiger charge is 2.16. The highest BCUT2D eigenvalue weighted by Crippen LogP contribution is 2.26. The van der Waals surface area contributed by atoms with Crippen molar-refractivity contribution in [3.63, 3.8) is 0 Å². The molecule has 0 saturated carbocycles. The first-order valence-corrected chi connectivity index (χ1v) is 6.42. The van der Waals surface area contributed by atoms with Gasteiger partial charge in [-0.3, -0.25) is 0 Å². The van der Waals surface area contributed by atoms with Crippen LogP contribution >= 0.6 is 0 Å². The van der Waals surface area contributed by atoms with E-state index >= 15 is 0 Å². The first-order chi connectivity index (χ1) is 8.52. The van der Waals surface area contributed by atoms with Gasteiger partial charge in [-0.15, -0.1) is 0 Å². The summed E-state index contributed by atoms with van der Waals surface area (Å²) < 4.78 is 0. The molecule has 1 aromatic heterocycles. The lowest BCUT2D eigenvalue weighted by molar-refractivity contribution is 0.588. The topological polar surface area (TPSA) is 52.5 Å². The highest BCUT2D eigenvalue weighted by atomic mass is 14.9. The van der Waals surface area contributed by atoms with Crippen molar-refractivity contribution in [2.45, 2.75) is 39.5 Å². The average Bonchev–Trinajstić information content (AvgIpc) is 2.72. The molecule has 1 unspecified atom stereocenters. The second kappa shape index (κ2) is 4.81. The normalized spacial score (nSPS) is 13.2. The molecule has 0 bridgehead atoms. The van der Waals surface area contributed by atoms with Gasteiger partial charge in [0.25, 0.3) is 0 Å². The van der Waals surface area contributed by atoms with Gasteiger partial charge in [-0.1, -0.05) is 33.8 Å². The van der Waals surface area contributed by atoms with Crippen LogP contribution in [-0.4, -0.2) is 9.97 Å². The number of rotatable bonds is 3. The van der Waals surface area contributed by atoms with Crippen molar-refractivity contribution in [1.29, 1.82) is 5.26 Å². The summed E-state index contributed by atoms with van der Waals surface area (Å²) in [5, 5.41) is 9.24. The molecule has 94 valence electrons. The Morgan fingerprint density at radius 3 is 2.50 bits per heavy atom. The number of fused-ring (bicyclic) bond motifs is 1. The van der Waals surface area contributed by atoms with Gasteiger partial charge in [0.15, 0.2) is 0 Å². The molecule has 2 aromatic rings. The Labute approximate surface area is 108 Å². The monoisotopic (exact) mass is 241 g/mol. The second-order valence-electron chi connectivity index (χ2n) is 5.40. The number of nitrogens with zero attached hydrogens (tertiary/aromatic N) is 2. The molecule has 0 radical (unpaired) electrons. The number of aromatic amines is 1. The zero-order valence-electron chi connectivity index (χ0n) is 11.4. The average molecular weight is 241 g/mol. The summed E-state index contributed by atoms with van der Waals surface area (Å²) in [5.74, 6) is 1.65. The number of nitrogens with one attached hydrogen (secondary N) is 1. The molecule has 0 fully saturated rings. The first-order valence-electron chi connectivity index (χ1n) is 6.42. The van der Waals surface area contributed by atoms with Crippen molar-refractivity contribution in [1.82, 2.24) is 9.97 Å². The molecule has 1 aromatic carbocycles. The van der Waals surface area contributed by atoms with Crippen molar-refractivity contribution in [3.8, 4) is 6.07 Å². The van der Waals surface area contributed by atoms with Crippen LogP contribution in [0.3, 0.4) is 0 Å². The molecule has 0 aliphatic heterocycles. The van der Waals surface area contributed by atoms with Gasteiger partial charge in [0, 0.05) is 5.92 Å². The minimum Gasteiger partial charge on any atom is -0.342 e. The van der Waals surface area contributed by atoms with E-state index in [-0.39, 0.29) is 5.92 Å². The predicted molar refractivity (Wildman–Crippen MR) is 73.4 cm³/mol. The molecule has 3 nitrogen and oxygen atoms in total. The predicted octanol–water partition coefficient (Wildman–Crippen LogP) is 3.95. The fourth-order valence-electron chi connectivity index (χ4n) is 2.12. The van der Waals surface area contributed by atoms with E-state index < -0.39 is 0 Å². The Morgan fingerprint density at radius 1 is 1.22 bits per heavy atom. The third-order valence-electron chi connectivity index (χ3n) is 3.24. The van der Waals surface area contributed by atoms with Gasteiger partial charge in [-0.05, 0) is 23.6 Å². The molecule has 1 heterocycles. The number of hydrogen-bond acceptors (Lipinski definition) is 2. The van der Waals surface area contributed by atoms with Gasteiger partial charge in [-0.25, -0.2) is 4.98 Å². The summed E-state index contributed by atoms with van der Waals surface area (Å²) in [6, 6.07) is 8.45. The van der Waals surface area contributed by atoms with Crippen LogP contribution in [0.25, 0.3) is 11.0 Å². The van der Waals surface area contributed by atoms with Crippen LogP contribution in [0, 0.1) is 17.2 Å². The number of nitriles is 1. The van der Waals surface area contributed by atoms with Gasteiger partial charge in [0.1, 0.15) is 5.82 Å². The number of aromatic nitrogens is 2. The summed E-state index contributed by atoms with van der Waals surface area (Å²) in [5.41, 5.74) is 3.07. The summed E-state index contributed by atoms with van der Waals surface area (Å²) in [7, 11) is 0. The maximum Gasteiger partial charge on any atom is 0.109 e. The van der Waals surface area contributed by atoms with E-state index in [0.717, 1.165) is 22.4 Å². The van der Waals surface area contributed by atoms with Gasteiger partial charge in [-0.2, -0.15) is 5.26 Å². The molecule has 0 amide bonds. The van der Waals surface area contributed by atoms with Gasteiger partial charge in [0.2, 0.25) is 0 Å². The summed E-state index contributed by atoms with van der Waals surface area (Å²) in [4.78, 5) is 7.88. The quantitative estimate of drug-likeness (QED) is 0.884. The lowest BCUT2D eigenvalue weighted by atomic mass is 9.90. The van der Waals surface area contributed by atoms with Crippen molar-refractivity contribution in [3.05, 3.63) is 29.6 Å². The minimum absolute atomic E-state index is 0.0554. The van der Waals surface area contributed by atoms with E-state index in [1.54, 1.807) is 0 Å².